The van der Waals surface area contributed by atoms with Crippen LogP contribution in [-0.4, -0.2) is 59.9 Å². The van der Waals surface area contributed by atoms with Crippen molar-refractivity contribution in [2.45, 2.75) is 28.4 Å². The van der Waals surface area contributed by atoms with E-state index in [-0.39, 0.29) is 27.0 Å². The third kappa shape index (κ3) is 7.43. The van der Waals surface area contributed by atoms with Gasteiger partial charge in [0.2, 0.25) is 21.1 Å². The predicted molar refractivity (Wildman–Crippen MR) is 135 cm³/mol. The van der Waals surface area contributed by atoms with Crippen LogP contribution in [0.15, 0.2) is 57.8 Å². The first-order valence-electron chi connectivity index (χ1n) is 11.0. The number of anilines is 2. The van der Waals surface area contributed by atoms with Gasteiger partial charge in [-0.05, 0) is 61.4 Å². The second-order valence-corrected chi connectivity index (χ2v) is 12.0. The molecule has 2 amide bonds. The SMILES string of the molecule is O=C(CSc1nnc(NC(=O)c2ccc(S(=O)(=O)N3CCCC3)cc2)s1)Nc1ccc(OC(F)(F)F)cc1. The molecular formula is C22H20F3N5O5S3. The molecule has 202 valence electrons. The van der Waals surface area contributed by atoms with E-state index in [0.29, 0.717) is 17.4 Å². The van der Waals surface area contributed by atoms with Crippen LogP contribution in [0.25, 0.3) is 0 Å². The number of nitrogens with zero attached hydrogens (tertiary/aromatic N) is 3. The Morgan fingerprint density at radius 3 is 2.29 bits per heavy atom. The minimum Gasteiger partial charge on any atom is -0.406 e. The smallest absolute Gasteiger partial charge is 0.406 e. The number of benzene rings is 2. The van der Waals surface area contributed by atoms with E-state index in [4.69, 9.17) is 0 Å². The highest BCUT2D eigenvalue weighted by atomic mass is 32.2. The number of sulfonamides is 1. The molecule has 0 unspecified atom stereocenters. The molecule has 2 aromatic carbocycles. The zero-order valence-electron chi connectivity index (χ0n) is 19.4. The van der Waals surface area contributed by atoms with Gasteiger partial charge in [0, 0.05) is 24.3 Å². The van der Waals surface area contributed by atoms with Crippen molar-refractivity contribution < 1.29 is 35.9 Å². The van der Waals surface area contributed by atoms with Crippen LogP contribution in [-0.2, 0) is 14.8 Å². The molecule has 1 aromatic heterocycles. The second-order valence-electron chi connectivity index (χ2n) is 7.87. The molecule has 16 heteroatoms. The number of ether oxygens (including phenoxy) is 1. The van der Waals surface area contributed by atoms with Crippen LogP contribution in [0.3, 0.4) is 0 Å². The van der Waals surface area contributed by atoms with Crippen LogP contribution in [0.5, 0.6) is 5.75 Å². The largest absolute Gasteiger partial charge is 0.573 e. The standard InChI is InChI=1S/C22H20F3N5O5S3/c23-22(24,25)35-16-7-5-15(6-8-16)26-18(31)13-36-21-29-28-20(37-21)27-19(32)14-3-9-17(10-4-14)38(33,34)30-11-1-2-12-30/h3-10H,1-2,11-13H2,(H,26,31)(H,27,28,32). The monoisotopic (exact) mass is 587 g/mol. The molecule has 1 fully saturated rings. The van der Waals surface area contributed by atoms with E-state index in [1.165, 1.54) is 40.7 Å². The molecule has 38 heavy (non-hydrogen) atoms. The van der Waals surface area contributed by atoms with Gasteiger partial charge >= 0.3 is 6.36 Å². The molecule has 2 N–H and O–H groups in total. The highest BCUT2D eigenvalue weighted by molar-refractivity contribution is 8.01. The zero-order valence-corrected chi connectivity index (χ0v) is 21.8. The highest BCUT2D eigenvalue weighted by Gasteiger charge is 2.31. The van der Waals surface area contributed by atoms with Crippen molar-refractivity contribution in [3.63, 3.8) is 0 Å². The molecule has 3 aromatic rings. The van der Waals surface area contributed by atoms with Gasteiger partial charge in [0.15, 0.2) is 4.34 Å². The maximum absolute atomic E-state index is 12.6. The number of halogens is 3. The number of rotatable bonds is 9. The molecule has 0 radical (unpaired) electrons. The summed E-state index contributed by atoms with van der Waals surface area (Å²) < 4.78 is 67.5. The van der Waals surface area contributed by atoms with Gasteiger partial charge < -0.3 is 10.1 Å². The fraction of sp³-hybridized carbons (Fsp3) is 0.273. The van der Waals surface area contributed by atoms with Crippen molar-refractivity contribution in [3.8, 4) is 5.75 Å². The minimum atomic E-state index is -4.80. The molecule has 1 aliphatic heterocycles. The topological polar surface area (TPSA) is 131 Å². The van der Waals surface area contributed by atoms with Crippen LogP contribution in [0.2, 0.25) is 0 Å². The average molecular weight is 588 g/mol. The Labute approximate surface area is 223 Å². The molecular weight excluding hydrogens is 567 g/mol. The van der Waals surface area contributed by atoms with E-state index in [0.717, 1.165) is 48.1 Å². The Balaban J connectivity index is 1.26. The molecule has 0 bridgehead atoms. The first-order valence-corrected chi connectivity index (χ1v) is 14.3. The molecule has 0 aliphatic carbocycles. The molecule has 0 spiro atoms. The van der Waals surface area contributed by atoms with E-state index in [9.17, 15) is 31.2 Å². The van der Waals surface area contributed by atoms with Gasteiger partial charge in [-0.15, -0.1) is 23.4 Å². The molecule has 0 saturated carbocycles. The number of carbonyl (C=O) groups is 2. The first kappa shape index (κ1) is 27.8. The maximum Gasteiger partial charge on any atom is 0.573 e. The molecule has 1 aliphatic rings. The Hall–Kier alpha value is -3.21. The van der Waals surface area contributed by atoms with Crippen molar-refractivity contribution in [1.29, 1.82) is 0 Å². The maximum atomic E-state index is 12.6. The summed E-state index contributed by atoms with van der Waals surface area (Å²) in [5.74, 6) is -1.39. The normalized spacial score (nSPS) is 14.3. The summed E-state index contributed by atoms with van der Waals surface area (Å²) in [4.78, 5) is 24.8. The summed E-state index contributed by atoms with van der Waals surface area (Å²) in [5.41, 5.74) is 0.524. The van der Waals surface area contributed by atoms with Gasteiger partial charge in [0.1, 0.15) is 5.75 Å². The Kier molecular flexibility index (Phi) is 8.54. The summed E-state index contributed by atoms with van der Waals surface area (Å²) in [5, 5.41) is 13.1. The summed E-state index contributed by atoms with van der Waals surface area (Å²) in [6.07, 6.45) is -3.16. The van der Waals surface area contributed by atoms with Crippen molar-refractivity contribution >= 4 is 55.8 Å². The number of aromatic nitrogens is 2. The van der Waals surface area contributed by atoms with E-state index in [2.05, 4.69) is 25.6 Å². The molecule has 1 saturated heterocycles. The van der Waals surface area contributed by atoms with Gasteiger partial charge in [-0.3, -0.25) is 14.9 Å². The lowest BCUT2D eigenvalue weighted by Gasteiger charge is -2.15. The highest BCUT2D eigenvalue weighted by Crippen LogP contribution is 2.27. The Bertz CT molecular complexity index is 1390. The first-order chi connectivity index (χ1) is 18.0. The van der Waals surface area contributed by atoms with E-state index >= 15 is 0 Å². The quantitative estimate of drug-likeness (QED) is 0.281. The third-order valence-electron chi connectivity index (χ3n) is 5.14. The van der Waals surface area contributed by atoms with Crippen LogP contribution in [0.4, 0.5) is 24.0 Å². The summed E-state index contributed by atoms with van der Waals surface area (Å²) >= 11 is 2.09. The van der Waals surface area contributed by atoms with Crippen LogP contribution in [0.1, 0.15) is 23.2 Å². The zero-order chi connectivity index (χ0) is 27.3. The number of thioether (sulfide) groups is 1. The lowest BCUT2D eigenvalue weighted by molar-refractivity contribution is -0.274. The van der Waals surface area contributed by atoms with E-state index < -0.39 is 33.9 Å². The van der Waals surface area contributed by atoms with Gasteiger partial charge in [-0.1, -0.05) is 23.1 Å². The predicted octanol–water partition coefficient (Wildman–Crippen LogP) is 4.20. The van der Waals surface area contributed by atoms with Crippen molar-refractivity contribution in [2.24, 2.45) is 0 Å². The number of hydrogen-bond donors (Lipinski definition) is 2. The van der Waals surface area contributed by atoms with Gasteiger partial charge in [-0.2, -0.15) is 4.31 Å². The van der Waals surface area contributed by atoms with E-state index in [1.807, 2.05) is 0 Å². The van der Waals surface area contributed by atoms with Crippen molar-refractivity contribution in [3.05, 3.63) is 54.1 Å². The fourth-order valence-corrected chi connectivity index (χ4v) is 6.47. The number of hydrogen-bond acceptors (Lipinski definition) is 9. The lowest BCUT2D eigenvalue weighted by atomic mass is 10.2. The van der Waals surface area contributed by atoms with Crippen LogP contribution < -0.4 is 15.4 Å². The average Bonchev–Trinajstić information content (AvgIpc) is 3.56. The third-order valence-corrected chi connectivity index (χ3v) is 9.03. The minimum absolute atomic E-state index is 0.0592. The number of nitrogens with one attached hydrogen (secondary N) is 2. The summed E-state index contributed by atoms with van der Waals surface area (Å²) in [6.45, 7) is 0.967. The van der Waals surface area contributed by atoms with Crippen molar-refractivity contribution in [1.82, 2.24) is 14.5 Å². The number of alkyl halides is 3. The molecule has 0 atom stereocenters. The van der Waals surface area contributed by atoms with Crippen LogP contribution >= 0.6 is 23.1 Å². The number of carbonyl (C=O) groups excluding carboxylic acids is 2. The molecule has 2 heterocycles. The lowest BCUT2D eigenvalue weighted by Crippen LogP contribution is -2.27. The van der Waals surface area contributed by atoms with Gasteiger partial charge in [0.25, 0.3) is 5.91 Å². The molecule has 4 rings (SSSR count). The van der Waals surface area contributed by atoms with E-state index in [1.54, 1.807) is 0 Å². The molecule has 10 nitrogen and oxygen atoms in total. The van der Waals surface area contributed by atoms with Gasteiger partial charge in [-0.25, -0.2) is 8.42 Å². The van der Waals surface area contributed by atoms with Crippen molar-refractivity contribution in [2.75, 3.05) is 29.5 Å². The second kappa shape index (κ2) is 11.7. The Morgan fingerprint density at radius 1 is 1.00 bits per heavy atom. The Morgan fingerprint density at radius 2 is 1.66 bits per heavy atom. The fourth-order valence-electron chi connectivity index (χ4n) is 3.41. The van der Waals surface area contributed by atoms with Crippen LogP contribution in [0, 0.1) is 0 Å². The summed E-state index contributed by atoms with van der Waals surface area (Å²) in [6, 6.07) is 10.3. The van der Waals surface area contributed by atoms with Gasteiger partial charge in [0.05, 0.1) is 10.6 Å². The number of amides is 2. The summed E-state index contributed by atoms with van der Waals surface area (Å²) in [7, 11) is -3.58.